The summed E-state index contributed by atoms with van der Waals surface area (Å²) in [4.78, 5) is 11.6. The Balaban J connectivity index is 1.40. The maximum absolute atomic E-state index is 4.59. The van der Waals surface area contributed by atoms with Crippen molar-refractivity contribution in [1.82, 2.24) is 30.3 Å². The topological polar surface area (TPSA) is 70.4 Å². The van der Waals surface area contributed by atoms with E-state index in [1.54, 1.807) is 0 Å². The molecular weight excluding hydrogens is 326 g/mol. The maximum Gasteiger partial charge on any atom is 0.191 e. The second kappa shape index (κ2) is 9.35. The van der Waals surface area contributed by atoms with E-state index in [0.717, 1.165) is 55.9 Å². The summed E-state index contributed by atoms with van der Waals surface area (Å²) in [5, 5.41) is 11.7. The molecule has 0 radical (unpaired) electrons. The molecule has 7 heteroatoms. The van der Waals surface area contributed by atoms with Crippen LogP contribution in [-0.2, 0) is 19.4 Å². The summed E-state index contributed by atoms with van der Waals surface area (Å²) < 4.78 is 2.06. The molecule has 2 N–H and O–H groups in total. The molecule has 0 aliphatic carbocycles. The van der Waals surface area contributed by atoms with Gasteiger partial charge in [-0.25, -0.2) is 9.67 Å². The Kier molecular flexibility index (Phi) is 6.88. The van der Waals surface area contributed by atoms with Gasteiger partial charge in [-0.15, -0.1) is 0 Å². The molecule has 1 unspecified atom stereocenters. The third kappa shape index (κ3) is 4.96. The number of hydrogen-bond donors (Lipinski definition) is 2. The number of aliphatic imine (C=N–C) groups is 1. The molecule has 7 nitrogen and oxygen atoms in total. The molecule has 0 amide bonds. The predicted octanol–water partition coefficient (Wildman–Crippen LogP) is 1.44. The van der Waals surface area contributed by atoms with Crippen molar-refractivity contribution in [2.24, 2.45) is 10.9 Å². The Morgan fingerprint density at radius 1 is 1.23 bits per heavy atom. The molecule has 0 bridgehead atoms. The van der Waals surface area contributed by atoms with Crippen molar-refractivity contribution < 1.29 is 0 Å². The number of rotatable bonds is 6. The van der Waals surface area contributed by atoms with Gasteiger partial charge in [0.25, 0.3) is 0 Å². The lowest BCUT2D eigenvalue weighted by molar-refractivity contribution is 0.187. The van der Waals surface area contributed by atoms with E-state index in [-0.39, 0.29) is 0 Å². The summed E-state index contributed by atoms with van der Waals surface area (Å²) >= 11 is 0. The summed E-state index contributed by atoms with van der Waals surface area (Å²) in [5.41, 5.74) is 0. The van der Waals surface area contributed by atoms with Gasteiger partial charge in [-0.05, 0) is 51.2 Å². The van der Waals surface area contributed by atoms with E-state index in [1.807, 2.05) is 7.05 Å². The largest absolute Gasteiger partial charge is 0.356 e. The second-order valence-corrected chi connectivity index (χ2v) is 7.53. The number of fused-ring (bicyclic) bond motifs is 1. The number of likely N-dealkylation sites (tertiary alicyclic amines) is 1. The van der Waals surface area contributed by atoms with Crippen LogP contribution < -0.4 is 10.6 Å². The standard InChI is InChI=1S/C19H35N7/c1-4-17-23-18-7-6-16(14-26(18)24-17)22-19(20-3)21-11-8-15-9-12-25(5-2)13-10-15/h15-16H,4-14H2,1-3H3,(H2,20,21,22). The number of aromatic nitrogens is 3. The number of piperidine rings is 1. The first-order valence-corrected chi connectivity index (χ1v) is 10.3. The van der Waals surface area contributed by atoms with Crippen molar-refractivity contribution in [3.05, 3.63) is 11.6 Å². The normalized spacial score (nSPS) is 22.3. The summed E-state index contributed by atoms with van der Waals surface area (Å²) in [6, 6.07) is 0.368. The molecule has 0 spiro atoms. The predicted molar refractivity (Wildman–Crippen MR) is 105 cm³/mol. The fourth-order valence-corrected chi connectivity index (χ4v) is 4.00. The lowest BCUT2D eigenvalue weighted by Crippen LogP contribution is -2.47. The van der Waals surface area contributed by atoms with Crippen molar-refractivity contribution in [3.63, 3.8) is 0 Å². The molecule has 0 aromatic carbocycles. The first kappa shape index (κ1) is 19.1. The van der Waals surface area contributed by atoms with Crippen LogP contribution in [-0.4, -0.2) is 64.9 Å². The molecule has 0 saturated carbocycles. The zero-order chi connectivity index (χ0) is 18.4. The van der Waals surface area contributed by atoms with Gasteiger partial charge in [-0.3, -0.25) is 4.99 Å². The van der Waals surface area contributed by atoms with Crippen LogP contribution in [0.25, 0.3) is 0 Å². The maximum atomic E-state index is 4.59. The lowest BCUT2D eigenvalue weighted by Gasteiger charge is -2.31. The van der Waals surface area contributed by atoms with E-state index in [9.17, 15) is 0 Å². The Hall–Kier alpha value is -1.63. The van der Waals surface area contributed by atoms with Crippen LogP contribution in [0.1, 0.15) is 51.2 Å². The number of nitrogens with zero attached hydrogens (tertiary/aromatic N) is 5. The zero-order valence-corrected chi connectivity index (χ0v) is 16.7. The molecule has 1 saturated heterocycles. The van der Waals surface area contributed by atoms with Gasteiger partial charge in [-0.1, -0.05) is 13.8 Å². The van der Waals surface area contributed by atoms with E-state index < -0.39 is 0 Å². The molecule has 3 heterocycles. The third-order valence-corrected chi connectivity index (χ3v) is 5.78. The number of hydrogen-bond acceptors (Lipinski definition) is 4. The van der Waals surface area contributed by atoms with Gasteiger partial charge < -0.3 is 15.5 Å². The molecule has 146 valence electrons. The van der Waals surface area contributed by atoms with E-state index in [0.29, 0.717) is 6.04 Å². The first-order valence-electron chi connectivity index (χ1n) is 10.3. The van der Waals surface area contributed by atoms with Crippen LogP contribution in [0.2, 0.25) is 0 Å². The van der Waals surface area contributed by atoms with Crippen LogP contribution in [0, 0.1) is 5.92 Å². The SMILES string of the molecule is CCc1nc2n(n1)CC(NC(=NC)NCCC1CCN(CC)CC1)CC2. The highest BCUT2D eigenvalue weighted by Crippen LogP contribution is 2.19. The number of aryl methyl sites for hydroxylation is 2. The highest BCUT2D eigenvalue weighted by molar-refractivity contribution is 5.79. The molecule has 1 fully saturated rings. The van der Waals surface area contributed by atoms with Crippen LogP contribution in [0.3, 0.4) is 0 Å². The monoisotopic (exact) mass is 361 g/mol. The minimum absolute atomic E-state index is 0.368. The minimum atomic E-state index is 0.368. The smallest absolute Gasteiger partial charge is 0.191 e. The second-order valence-electron chi connectivity index (χ2n) is 7.53. The summed E-state index contributed by atoms with van der Waals surface area (Å²) in [5.74, 6) is 3.85. The molecule has 1 atom stereocenters. The van der Waals surface area contributed by atoms with Gasteiger partial charge >= 0.3 is 0 Å². The molecule has 3 rings (SSSR count). The summed E-state index contributed by atoms with van der Waals surface area (Å²) in [7, 11) is 1.86. The Morgan fingerprint density at radius 2 is 2.04 bits per heavy atom. The Labute approximate surface area is 157 Å². The van der Waals surface area contributed by atoms with Gasteiger partial charge in [0.05, 0.1) is 6.54 Å². The van der Waals surface area contributed by atoms with Crippen molar-refractivity contribution in [1.29, 1.82) is 0 Å². The minimum Gasteiger partial charge on any atom is -0.356 e. The van der Waals surface area contributed by atoms with Gasteiger partial charge in [0.2, 0.25) is 0 Å². The van der Waals surface area contributed by atoms with Crippen molar-refractivity contribution in [3.8, 4) is 0 Å². The molecule has 2 aliphatic heterocycles. The average Bonchev–Trinajstić information content (AvgIpc) is 3.10. The molecule has 1 aromatic rings. The van der Waals surface area contributed by atoms with Gasteiger partial charge in [0, 0.05) is 32.5 Å². The van der Waals surface area contributed by atoms with E-state index in [1.165, 1.54) is 38.9 Å². The summed E-state index contributed by atoms with van der Waals surface area (Å²) in [6.07, 6.45) is 6.86. The average molecular weight is 362 g/mol. The first-order chi connectivity index (χ1) is 12.7. The molecular formula is C19H35N7. The fourth-order valence-electron chi connectivity index (χ4n) is 4.00. The van der Waals surface area contributed by atoms with Crippen LogP contribution in [0.5, 0.6) is 0 Å². The quantitative estimate of drug-likeness (QED) is 0.593. The van der Waals surface area contributed by atoms with E-state index in [2.05, 4.69) is 49.1 Å². The zero-order valence-electron chi connectivity index (χ0n) is 16.7. The van der Waals surface area contributed by atoms with Crippen LogP contribution >= 0.6 is 0 Å². The van der Waals surface area contributed by atoms with Gasteiger partial charge in [0.15, 0.2) is 11.8 Å². The van der Waals surface area contributed by atoms with Crippen LogP contribution in [0.4, 0.5) is 0 Å². The van der Waals surface area contributed by atoms with Crippen LogP contribution in [0.15, 0.2) is 4.99 Å². The summed E-state index contributed by atoms with van der Waals surface area (Å²) in [6.45, 7) is 9.95. The third-order valence-electron chi connectivity index (χ3n) is 5.78. The number of guanidine groups is 1. The molecule has 2 aliphatic rings. The van der Waals surface area contributed by atoms with Gasteiger partial charge in [0.1, 0.15) is 5.82 Å². The highest BCUT2D eigenvalue weighted by Gasteiger charge is 2.22. The Bertz CT molecular complexity index is 587. The number of nitrogens with one attached hydrogen (secondary N) is 2. The molecule has 1 aromatic heterocycles. The van der Waals surface area contributed by atoms with Gasteiger partial charge in [-0.2, -0.15) is 5.10 Å². The van der Waals surface area contributed by atoms with Crippen molar-refractivity contribution in [2.45, 2.75) is 65.0 Å². The van der Waals surface area contributed by atoms with E-state index >= 15 is 0 Å². The highest BCUT2D eigenvalue weighted by atomic mass is 15.4. The lowest BCUT2D eigenvalue weighted by atomic mass is 9.93. The van der Waals surface area contributed by atoms with E-state index in [4.69, 9.17) is 0 Å². The Morgan fingerprint density at radius 3 is 2.73 bits per heavy atom. The molecule has 26 heavy (non-hydrogen) atoms. The fraction of sp³-hybridized carbons (Fsp3) is 0.842. The van der Waals surface area contributed by atoms with Crippen molar-refractivity contribution in [2.75, 3.05) is 33.2 Å². The van der Waals surface area contributed by atoms with Crippen molar-refractivity contribution >= 4 is 5.96 Å².